The summed E-state index contributed by atoms with van der Waals surface area (Å²) < 4.78 is 1.98. The number of allylic oxidation sites excluding steroid dienone is 1. The summed E-state index contributed by atoms with van der Waals surface area (Å²) in [5, 5.41) is 12.4. The van der Waals surface area contributed by atoms with Gasteiger partial charge in [0.15, 0.2) is 11.0 Å². The molecule has 156 valence electrons. The highest BCUT2D eigenvalue weighted by atomic mass is 32.2. The summed E-state index contributed by atoms with van der Waals surface area (Å²) in [4.78, 5) is 14.5. The van der Waals surface area contributed by atoms with Crippen molar-refractivity contribution < 1.29 is 4.79 Å². The van der Waals surface area contributed by atoms with Crippen molar-refractivity contribution in [3.05, 3.63) is 72.8 Å². The van der Waals surface area contributed by atoms with Gasteiger partial charge < -0.3 is 10.2 Å². The molecule has 1 amide bonds. The zero-order valence-electron chi connectivity index (χ0n) is 17.6. The Morgan fingerprint density at radius 1 is 1.17 bits per heavy atom. The number of anilines is 1. The molecule has 0 radical (unpaired) electrons. The normalized spacial score (nSPS) is 11.7. The van der Waals surface area contributed by atoms with Crippen LogP contribution in [0.5, 0.6) is 0 Å². The first-order valence-corrected chi connectivity index (χ1v) is 10.8. The molecule has 0 saturated heterocycles. The lowest BCUT2D eigenvalue weighted by Crippen LogP contribution is -2.28. The fourth-order valence-electron chi connectivity index (χ4n) is 3.05. The Balaban J connectivity index is 1.69. The molecule has 0 aliphatic carbocycles. The van der Waals surface area contributed by atoms with Gasteiger partial charge in [0.05, 0.1) is 11.8 Å². The van der Waals surface area contributed by atoms with Gasteiger partial charge in [0.25, 0.3) is 0 Å². The third-order valence-electron chi connectivity index (χ3n) is 4.68. The van der Waals surface area contributed by atoms with Gasteiger partial charge in [-0.05, 0) is 36.8 Å². The molecule has 0 spiro atoms. The Hall–Kier alpha value is -3.06. The van der Waals surface area contributed by atoms with Crippen molar-refractivity contribution >= 4 is 23.4 Å². The number of carbonyl (C=O) groups excluding carboxylic acids is 1. The monoisotopic (exact) mass is 421 g/mol. The molecule has 1 atom stereocenters. The fourth-order valence-corrected chi connectivity index (χ4v) is 3.81. The fraction of sp³-hybridized carbons (Fsp3) is 0.261. The molecule has 1 unspecified atom stereocenters. The minimum atomic E-state index is -0.0453. The number of hydrogen-bond donors (Lipinski definition) is 1. The van der Waals surface area contributed by atoms with Crippen LogP contribution in [-0.4, -0.2) is 40.5 Å². The Morgan fingerprint density at radius 2 is 1.87 bits per heavy atom. The highest BCUT2D eigenvalue weighted by Gasteiger charge is 2.16. The summed E-state index contributed by atoms with van der Waals surface area (Å²) in [6, 6.07) is 18.0. The van der Waals surface area contributed by atoms with Gasteiger partial charge in [-0.15, -0.1) is 16.8 Å². The van der Waals surface area contributed by atoms with Gasteiger partial charge in [-0.25, -0.2) is 0 Å². The van der Waals surface area contributed by atoms with Crippen LogP contribution < -0.4 is 10.2 Å². The molecule has 2 aromatic carbocycles. The van der Waals surface area contributed by atoms with E-state index in [0.717, 1.165) is 22.6 Å². The van der Waals surface area contributed by atoms with E-state index in [2.05, 4.69) is 27.0 Å². The van der Waals surface area contributed by atoms with Crippen molar-refractivity contribution in [1.82, 2.24) is 20.1 Å². The first-order chi connectivity index (χ1) is 14.5. The number of rotatable bonds is 9. The molecule has 6 nitrogen and oxygen atoms in total. The van der Waals surface area contributed by atoms with Gasteiger partial charge in [0.1, 0.15) is 0 Å². The van der Waals surface area contributed by atoms with Crippen LogP contribution in [0.3, 0.4) is 0 Å². The summed E-state index contributed by atoms with van der Waals surface area (Å²) in [5.74, 6) is 0.994. The van der Waals surface area contributed by atoms with E-state index in [9.17, 15) is 4.79 Å². The topological polar surface area (TPSA) is 63.1 Å². The zero-order valence-corrected chi connectivity index (χ0v) is 18.4. The minimum Gasteiger partial charge on any atom is -0.378 e. The molecule has 3 aromatic rings. The van der Waals surface area contributed by atoms with Crippen molar-refractivity contribution in [3.63, 3.8) is 0 Å². The van der Waals surface area contributed by atoms with Crippen molar-refractivity contribution in [2.75, 3.05) is 24.7 Å². The average Bonchev–Trinajstić information content (AvgIpc) is 3.15. The maximum atomic E-state index is 12.4. The van der Waals surface area contributed by atoms with Crippen molar-refractivity contribution in [2.45, 2.75) is 24.7 Å². The Labute approximate surface area is 182 Å². The SMILES string of the molecule is C=CCn1c(SCC(=O)NC(C)c2ccccc2)nnc1-c1ccc(N(C)C)cc1. The summed E-state index contributed by atoms with van der Waals surface area (Å²) in [6.07, 6.45) is 1.81. The number of amides is 1. The summed E-state index contributed by atoms with van der Waals surface area (Å²) in [5.41, 5.74) is 3.17. The van der Waals surface area contributed by atoms with Gasteiger partial charge in [-0.2, -0.15) is 0 Å². The number of carbonyl (C=O) groups is 1. The number of benzene rings is 2. The average molecular weight is 422 g/mol. The Bertz CT molecular complexity index is 983. The minimum absolute atomic E-state index is 0.0404. The van der Waals surface area contributed by atoms with Crippen LogP contribution in [0.1, 0.15) is 18.5 Å². The maximum absolute atomic E-state index is 12.4. The molecule has 1 heterocycles. The molecule has 0 bridgehead atoms. The van der Waals surface area contributed by atoms with Crippen LogP contribution in [0.15, 0.2) is 72.4 Å². The second-order valence-electron chi connectivity index (χ2n) is 7.14. The first kappa shape index (κ1) is 21.6. The smallest absolute Gasteiger partial charge is 0.230 e. The molecule has 0 aliphatic rings. The van der Waals surface area contributed by atoms with Crippen LogP contribution in [0, 0.1) is 0 Å². The largest absolute Gasteiger partial charge is 0.378 e. The molecular formula is C23H27N5OS. The summed E-state index contributed by atoms with van der Waals surface area (Å²) in [6.45, 7) is 6.40. The highest BCUT2D eigenvalue weighted by molar-refractivity contribution is 7.99. The second-order valence-corrected chi connectivity index (χ2v) is 8.08. The van der Waals surface area contributed by atoms with E-state index >= 15 is 0 Å². The highest BCUT2D eigenvalue weighted by Crippen LogP contribution is 2.26. The van der Waals surface area contributed by atoms with Crippen LogP contribution >= 0.6 is 11.8 Å². The van der Waals surface area contributed by atoms with Gasteiger partial charge in [0, 0.05) is 31.9 Å². The molecule has 1 N–H and O–H groups in total. The van der Waals surface area contributed by atoms with E-state index in [4.69, 9.17) is 0 Å². The van der Waals surface area contributed by atoms with E-state index < -0.39 is 0 Å². The van der Waals surface area contributed by atoms with E-state index in [-0.39, 0.29) is 17.7 Å². The number of hydrogen-bond acceptors (Lipinski definition) is 5. The lowest BCUT2D eigenvalue weighted by atomic mass is 10.1. The lowest BCUT2D eigenvalue weighted by Gasteiger charge is -2.14. The zero-order chi connectivity index (χ0) is 21.5. The maximum Gasteiger partial charge on any atom is 0.230 e. The Morgan fingerprint density at radius 3 is 2.50 bits per heavy atom. The van der Waals surface area contributed by atoms with Crippen molar-refractivity contribution in [1.29, 1.82) is 0 Å². The molecular weight excluding hydrogens is 394 g/mol. The number of nitrogens with one attached hydrogen (secondary N) is 1. The van der Waals surface area contributed by atoms with Gasteiger partial charge in [-0.3, -0.25) is 9.36 Å². The third kappa shape index (κ3) is 5.30. The molecule has 0 saturated carbocycles. The predicted octanol–water partition coefficient (Wildman–Crippen LogP) is 4.17. The summed E-state index contributed by atoms with van der Waals surface area (Å²) in [7, 11) is 4.02. The molecule has 3 rings (SSSR count). The van der Waals surface area contributed by atoms with E-state index in [0.29, 0.717) is 11.7 Å². The molecule has 1 aromatic heterocycles. The molecule has 0 fully saturated rings. The number of nitrogens with zero attached hydrogens (tertiary/aromatic N) is 4. The first-order valence-electron chi connectivity index (χ1n) is 9.78. The van der Waals surface area contributed by atoms with Gasteiger partial charge in [0.2, 0.25) is 5.91 Å². The second kappa shape index (κ2) is 10.1. The van der Waals surface area contributed by atoms with E-state index in [1.165, 1.54) is 11.8 Å². The quantitative estimate of drug-likeness (QED) is 0.415. The molecule has 30 heavy (non-hydrogen) atoms. The van der Waals surface area contributed by atoms with E-state index in [1.807, 2.05) is 86.3 Å². The van der Waals surface area contributed by atoms with Crippen LogP contribution in [0.2, 0.25) is 0 Å². The van der Waals surface area contributed by atoms with Crippen molar-refractivity contribution in [3.8, 4) is 11.4 Å². The Kier molecular flexibility index (Phi) is 7.30. The van der Waals surface area contributed by atoms with Crippen LogP contribution in [-0.2, 0) is 11.3 Å². The standard InChI is InChI=1S/C23H27N5OS/c1-5-15-28-22(19-11-13-20(14-12-19)27(3)4)25-26-23(28)30-16-21(29)24-17(2)18-9-7-6-8-10-18/h5-14,17H,1,15-16H2,2-4H3,(H,24,29). The van der Waals surface area contributed by atoms with E-state index in [1.54, 1.807) is 0 Å². The third-order valence-corrected chi connectivity index (χ3v) is 5.65. The molecule has 7 heteroatoms. The van der Waals surface area contributed by atoms with Crippen molar-refractivity contribution in [2.24, 2.45) is 0 Å². The van der Waals surface area contributed by atoms with Crippen LogP contribution in [0.4, 0.5) is 5.69 Å². The predicted molar refractivity (Wildman–Crippen MR) is 124 cm³/mol. The van der Waals surface area contributed by atoms with Gasteiger partial charge >= 0.3 is 0 Å². The lowest BCUT2D eigenvalue weighted by molar-refractivity contribution is -0.119. The number of aromatic nitrogens is 3. The molecule has 0 aliphatic heterocycles. The van der Waals surface area contributed by atoms with Crippen LogP contribution in [0.25, 0.3) is 11.4 Å². The van der Waals surface area contributed by atoms with Gasteiger partial charge in [-0.1, -0.05) is 48.2 Å². The number of thioether (sulfide) groups is 1. The summed E-state index contributed by atoms with van der Waals surface area (Å²) >= 11 is 1.38.